The van der Waals surface area contributed by atoms with E-state index in [1.54, 1.807) is 18.2 Å². The lowest BCUT2D eigenvalue weighted by Crippen LogP contribution is -2.41. The zero-order valence-corrected chi connectivity index (χ0v) is 14.7. The number of carbonyl (C=O) groups excluding carboxylic acids is 1. The van der Waals surface area contributed by atoms with Crippen LogP contribution in [0.25, 0.3) is 0 Å². The Balaban J connectivity index is 2.17. The van der Waals surface area contributed by atoms with Crippen molar-refractivity contribution in [3.63, 3.8) is 0 Å². The maximum absolute atomic E-state index is 14.2. The Morgan fingerprint density at radius 3 is 2.52 bits per heavy atom. The highest BCUT2D eigenvalue weighted by atomic mass is 32.2. The topological polar surface area (TPSA) is 84.5 Å². The average molecular weight is 366 g/mol. The van der Waals surface area contributed by atoms with E-state index in [1.807, 2.05) is 17.2 Å². The standard InChI is InChI=1S/C17H19FN2O4S/c1-3-9-24-13-10-12(2)16(18)15(11-13)17(21)19-20-25(22,23)14-7-5-4-6-8-14/h4-8,10-11,20H,3,9H2,1-2H3,(H,19,21). The lowest BCUT2D eigenvalue weighted by atomic mass is 10.1. The molecule has 0 aliphatic rings. The first kappa shape index (κ1) is 18.9. The fourth-order valence-corrected chi connectivity index (χ4v) is 2.90. The summed E-state index contributed by atoms with van der Waals surface area (Å²) in [6, 6.07) is 10.2. The van der Waals surface area contributed by atoms with Gasteiger partial charge in [-0.25, -0.2) is 12.8 Å². The van der Waals surface area contributed by atoms with Gasteiger partial charge >= 0.3 is 0 Å². The van der Waals surface area contributed by atoms with E-state index in [4.69, 9.17) is 4.74 Å². The zero-order valence-electron chi connectivity index (χ0n) is 13.9. The fraction of sp³-hybridized carbons (Fsp3) is 0.235. The van der Waals surface area contributed by atoms with Gasteiger partial charge in [0.05, 0.1) is 17.1 Å². The maximum atomic E-state index is 14.2. The number of nitrogens with one attached hydrogen (secondary N) is 2. The highest BCUT2D eigenvalue weighted by molar-refractivity contribution is 7.89. The Kier molecular flexibility index (Phi) is 6.11. The van der Waals surface area contributed by atoms with Crippen molar-refractivity contribution < 1.29 is 22.3 Å². The molecular weight excluding hydrogens is 347 g/mol. The number of rotatable bonds is 7. The van der Waals surface area contributed by atoms with Crippen molar-refractivity contribution in [2.75, 3.05) is 6.61 Å². The second kappa shape index (κ2) is 8.09. The highest BCUT2D eigenvalue weighted by Crippen LogP contribution is 2.21. The molecule has 0 aliphatic carbocycles. The van der Waals surface area contributed by atoms with Crippen molar-refractivity contribution >= 4 is 15.9 Å². The van der Waals surface area contributed by atoms with E-state index in [0.717, 1.165) is 6.42 Å². The van der Waals surface area contributed by atoms with Crippen LogP contribution in [0.5, 0.6) is 5.75 Å². The Labute approximate surface area is 146 Å². The van der Waals surface area contributed by atoms with Crippen LogP contribution >= 0.6 is 0 Å². The first-order chi connectivity index (χ1) is 11.8. The van der Waals surface area contributed by atoms with E-state index in [0.29, 0.717) is 12.4 Å². The normalized spacial score (nSPS) is 11.2. The molecule has 0 atom stereocenters. The minimum absolute atomic E-state index is 0.0213. The van der Waals surface area contributed by atoms with Crippen LogP contribution in [0, 0.1) is 12.7 Å². The summed E-state index contributed by atoms with van der Waals surface area (Å²) < 4.78 is 43.8. The largest absolute Gasteiger partial charge is 0.494 e. The first-order valence-electron chi connectivity index (χ1n) is 7.65. The van der Waals surface area contributed by atoms with Gasteiger partial charge in [0.1, 0.15) is 11.6 Å². The summed E-state index contributed by atoms with van der Waals surface area (Å²) >= 11 is 0. The van der Waals surface area contributed by atoms with Gasteiger partial charge in [-0.1, -0.05) is 25.1 Å². The molecule has 0 heterocycles. The molecule has 0 radical (unpaired) electrons. The maximum Gasteiger partial charge on any atom is 0.269 e. The molecule has 2 aromatic carbocycles. The molecule has 134 valence electrons. The smallest absolute Gasteiger partial charge is 0.269 e. The minimum atomic E-state index is -3.95. The molecule has 1 amide bonds. The van der Waals surface area contributed by atoms with Crippen molar-refractivity contribution in [2.45, 2.75) is 25.2 Å². The van der Waals surface area contributed by atoms with Crippen LogP contribution in [0.3, 0.4) is 0 Å². The van der Waals surface area contributed by atoms with Gasteiger partial charge in [-0.15, -0.1) is 4.83 Å². The molecule has 0 bridgehead atoms. The van der Waals surface area contributed by atoms with E-state index in [-0.39, 0.29) is 16.0 Å². The molecule has 0 aliphatic heterocycles. The summed E-state index contributed by atoms with van der Waals surface area (Å²) in [5.74, 6) is -1.31. The van der Waals surface area contributed by atoms with E-state index < -0.39 is 21.7 Å². The van der Waals surface area contributed by atoms with Crippen molar-refractivity contribution in [3.8, 4) is 5.75 Å². The summed E-state index contributed by atoms with van der Waals surface area (Å²) in [4.78, 5) is 14.1. The molecule has 2 rings (SSSR count). The van der Waals surface area contributed by atoms with E-state index >= 15 is 0 Å². The molecule has 0 spiro atoms. The van der Waals surface area contributed by atoms with Crippen LogP contribution < -0.4 is 15.0 Å². The van der Waals surface area contributed by atoms with Crippen molar-refractivity contribution in [1.82, 2.24) is 10.3 Å². The Bertz CT molecular complexity index is 854. The van der Waals surface area contributed by atoms with Crippen LogP contribution in [0.2, 0.25) is 0 Å². The number of ether oxygens (including phenoxy) is 1. The number of hydrogen-bond acceptors (Lipinski definition) is 4. The number of carbonyl (C=O) groups is 1. The molecule has 0 unspecified atom stereocenters. The number of sulfonamides is 1. The predicted octanol–water partition coefficient (Wildman–Crippen LogP) is 2.55. The molecule has 0 aromatic heterocycles. The van der Waals surface area contributed by atoms with Gasteiger partial charge in [-0.2, -0.15) is 0 Å². The van der Waals surface area contributed by atoms with E-state index in [1.165, 1.54) is 31.2 Å². The van der Waals surface area contributed by atoms with Crippen LogP contribution in [0.1, 0.15) is 29.3 Å². The third-order valence-electron chi connectivity index (χ3n) is 3.30. The number of amides is 1. The third-order valence-corrected chi connectivity index (χ3v) is 4.56. The molecule has 0 saturated heterocycles. The fourth-order valence-electron chi connectivity index (χ4n) is 2.04. The van der Waals surface area contributed by atoms with Crippen molar-refractivity contribution in [1.29, 1.82) is 0 Å². The van der Waals surface area contributed by atoms with Crippen LogP contribution in [0.4, 0.5) is 4.39 Å². The number of hydrogen-bond donors (Lipinski definition) is 2. The molecule has 25 heavy (non-hydrogen) atoms. The van der Waals surface area contributed by atoms with Gasteiger partial charge in [-0.3, -0.25) is 10.2 Å². The monoisotopic (exact) mass is 366 g/mol. The summed E-state index contributed by atoms with van der Waals surface area (Å²) in [6.07, 6.45) is 0.759. The molecular formula is C17H19FN2O4S. The molecule has 0 fully saturated rings. The summed E-state index contributed by atoms with van der Waals surface area (Å²) in [5, 5.41) is 0. The van der Waals surface area contributed by atoms with E-state index in [9.17, 15) is 17.6 Å². The summed E-state index contributed by atoms with van der Waals surface area (Å²) in [7, 11) is -3.95. The van der Waals surface area contributed by atoms with Crippen LogP contribution in [-0.4, -0.2) is 20.9 Å². The van der Waals surface area contributed by atoms with Crippen molar-refractivity contribution in [2.24, 2.45) is 0 Å². The van der Waals surface area contributed by atoms with Gasteiger partial charge in [0.15, 0.2) is 0 Å². The number of aryl methyl sites for hydroxylation is 1. The Hall–Kier alpha value is -2.45. The lowest BCUT2D eigenvalue weighted by molar-refractivity contribution is 0.0940. The predicted molar refractivity (Wildman–Crippen MR) is 91.2 cm³/mol. The van der Waals surface area contributed by atoms with Gasteiger partial charge in [0, 0.05) is 0 Å². The highest BCUT2D eigenvalue weighted by Gasteiger charge is 2.19. The summed E-state index contributed by atoms with van der Waals surface area (Å²) in [6.45, 7) is 3.84. The second-order valence-electron chi connectivity index (χ2n) is 5.32. The van der Waals surface area contributed by atoms with Crippen molar-refractivity contribution in [3.05, 3.63) is 59.4 Å². The van der Waals surface area contributed by atoms with Gasteiger partial charge in [0.2, 0.25) is 0 Å². The van der Waals surface area contributed by atoms with Crippen LogP contribution in [-0.2, 0) is 10.0 Å². The number of hydrazine groups is 1. The average Bonchev–Trinajstić information content (AvgIpc) is 2.61. The Morgan fingerprint density at radius 2 is 1.88 bits per heavy atom. The molecule has 0 saturated carbocycles. The molecule has 8 heteroatoms. The molecule has 2 N–H and O–H groups in total. The number of halogens is 1. The third kappa shape index (κ3) is 4.77. The molecule has 2 aromatic rings. The quantitative estimate of drug-likeness (QED) is 0.738. The Morgan fingerprint density at radius 1 is 1.20 bits per heavy atom. The number of benzene rings is 2. The summed E-state index contributed by atoms with van der Waals surface area (Å²) in [5.41, 5.74) is 1.94. The van der Waals surface area contributed by atoms with E-state index in [2.05, 4.69) is 0 Å². The first-order valence-corrected chi connectivity index (χ1v) is 9.13. The zero-order chi connectivity index (χ0) is 18.4. The molecule has 6 nitrogen and oxygen atoms in total. The van der Waals surface area contributed by atoms with Gasteiger partial charge < -0.3 is 4.74 Å². The van der Waals surface area contributed by atoms with Crippen LogP contribution in [0.15, 0.2) is 47.4 Å². The minimum Gasteiger partial charge on any atom is -0.494 e. The van der Waals surface area contributed by atoms with Gasteiger partial charge in [0.25, 0.3) is 15.9 Å². The second-order valence-corrected chi connectivity index (χ2v) is 7.01. The lowest BCUT2D eigenvalue weighted by Gasteiger charge is -2.12. The SMILES string of the molecule is CCCOc1cc(C)c(F)c(C(=O)NNS(=O)(=O)c2ccccc2)c1. The van der Waals surface area contributed by atoms with Gasteiger partial charge in [-0.05, 0) is 43.2 Å².